The van der Waals surface area contributed by atoms with E-state index in [-0.39, 0.29) is 5.41 Å². The molecular weight excluding hydrogens is 205 g/mol. The van der Waals surface area contributed by atoms with E-state index in [0.717, 1.165) is 19.3 Å². The summed E-state index contributed by atoms with van der Waals surface area (Å²) in [4.78, 5) is 0. The fraction of sp³-hybridized carbons (Fsp3) is 0.538. The Morgan fingerprint density at radius 2 is 2.12 bits per heavy atom. The highest BCUT2D eigenvalue weighted by molar-refractivity contribution is 5.36. The van der Waals surface area contributed by atoms with Gasteiger partial charge in [0.25, 0.3) is 0 Å². The lowest BCUT2D eigenvalue weighted by molar-refractivity contribution is 0.0270. The van der Waals surface area contributed by atoms with Crippen LogP contribution in [0.25, 0.3) is 0 Å². The standard InChI is InChI=1S/C13H18FNO/c1-16-11-6-3-2-5-10(11)12(14)13(9-15)7-4-8-13/h2-3,5-6,12H,4,7-9,15H2,1H3. The van der Waals surface area contributed by atoms with Gasteiger partial charge in [-0.2, -0.15) is 0 Å². The van der Waals surface area contributed by atoms with Crippen molar-refractivity contribution >= 4 is 0 Å². The molecule has 3 heteroatoms. The van der Waals surface area contributed by atoms with Gasteiger partial charge >= 0.3 is 0 Å². The smallest absolute Gasteiger partial charge is 0.135 e. The lowest BCUT2D eigenvalue weighted by Gasteiger charge is -2.43. The van der Waals surface area contributed by atoms with Crippen molar-refractivity contribution in [1.82, 2.24) is 0 Å². The topological polar surface area (TPSA) is 35.2 Å². The lowest BCUT2D eigenvalue weighted by atomic mass is 9.64. The summed E-state index contributed by atoms with van der Waals surface area (Å²) < 4.78 is 19.7. The highest BCUT2D eigenvalue weighted by Gasteiger charge is 2.45. The van der Waals surface area contributed by atoms with Crippen molar-refractivity contribution in [3.05, 3.63) is 29.8 Å². The van der Waals surface area contributed by atoms with E-state index < -0.39 is 6.17 Å². The number of ether oxygens (including phenoxy) is 1. The Morgan fingerprint density at radius 3 is 2.62 bits per heavy atom. The molecule has 2 nitrogen and oxygen atoms in total. The average molecular weight is 223 g/mol. The van der Waals surface area contributed by atoms with Gasteiger partial charge in [-0.25, -0.2) is 4.39 Å². The van der Waals surface area contributed by atoms with E-state index in [1.54, 1.807) is 19.2 Å². The number of para-hydroxylation sites is 1. The summed E-state index contributed by atoms with van der Waals surface area (Å²) in [6, 6.07) is 7.28. The van der Waals surface area contributed by atoms with Crippen molar-refractivity contribution < 1.29 is 9.13 Å². The second-order valence-electron chi connectivity index (χ2n) is 4.52. The van der Waals surface area contributed by atoms with Gasteiger partial charge in [-0.05, 0) is 18.9 Å². The van der Waals surface area contributed by atoms with Crippen molar-refractivity contribution in [2.45, 2.75) is 25.4 Å². The Kier molecular flexibility index (Phi) is 3.15. The SMILES string of the molecule is COc1ccccc1C(F)C1(CN)CCC1. The van der Waals surface area contributed by atoms with Gasteiger partial charge in [0.1, 0.15) is 11.9 Å². The molecule has 0 spiro atoms. The van der Waals surface area contributed by atoms with E-state index in [0.29, 0.717) is 17.9 Å². The van der Waals surface area contributed by atoms with Crippen LogP contribution < -0.4 is 10.5 Å². The molecule has 1 aliphatic rings. The summed E-state index contributed by atoms with van der Waals surface area (Å²) in [6.45, 7) is 0.409. The molecule has 0 bridgehead atoms. The first-order valence-corrected chi connectivity index (χ1v) is 5.70. The quantitative estimate of drug-likeness (QED) is 0.851. The van der Waals surface area contributed by atoms with Crippen LogP contribution in [-0.2, 0) is 0 Å². The zero-order chi connectivity index (χ0) is 11.6. The number of methoxy groups -OCH3 is 1. The van der Waals surface area contributed by atoms with Crippen molar-refractivity contribution in [2.75, 3.05) is 13.7 Å². The first-order chi connectivity index (χ1) is 7.73. The van der Waals surface area contributed by atoms with Gasteiger partial charge < -0.3 is 10.5 Å². The largest absolute Gasteiger partial charge is 0.496 e. The zero-order valence-corrected chi connectivity index (χ0v) is 9.58. The summed E-state index contributed by atoms with van der Waals surface area (Å²) in [5.41, 5.74) is 6.00. The summed E-state index contributed by atoms with van der Waals surface area (Å²) in [7, 11) is 1.57. The molecule has 0 saturated heterocycles. The molecule has 0 heterocycles. The molecule has 1 aliphatic carbocycles. The average Bonchev–Trinajstić information content (AvgIpc) is 2.28. The summed E-state index contributed by atoms with van der Waals surface area (Å²) in [6.07, 6.45) is 1.82. The van der Waals surface area contributed by atoms with Crippen molar-refractivity contribution in [1.29, 1.82) is 0 Å². The molecule has 1 aromatic carbocycles. The van der Waals surface area contributed by atoms with Crippen LogP contribution in [0.5, 0.6) is 5.75 Å². The summed E-state index contributed by atoms with van der Waals surface area (Å²) >= 11 is 0. The number of hydrogen-bond donors (Lipinski definition) is 1. The monoisotopic (exact) mass is 223 g/mol. The fourth-order valence-electron chi connectivity index (χ4n) is 2.40. The van der Waals surface area contributed by atoms with Crippen molar-refractivity contribution in [2.24, 2.45) is 11.1 Å². The van der Waals surface area contributed by atoms with Gasteiger partial charge in [0.15, 0.2) is 0 Å². The molecule has 1 saturated carbocycles. The molecule has 1 unspecified atom stereocenters. The van der Waals surface area contributed by atoms with Crippen LogP contribution in [0.15, 0.2) is 24.3 Å². The molecule has 2 rings (SSSR count). The van der Waals surface area contributed by atoms with Crippen LogP contribution in [0.4, 0.5) is 4.39 Å². The van der Waals surface area contributed by atoms with Gasteiger partial charge in [0.2, 0.25) is 0 Å². The molecule has 0 amide bonds. The van der Waals surface area contributed by atoms with Crippen molar-refractivity contribution in [3.63, 3.8) is 0 Å². The minimum absolute atomic E-state index is 0.353. The third-order valence-corrected chi connectivity index (χ3v) is 3.71. The Balaban J connectivity index is 2.29. The van der Waals surface area contributed by atoms with Crippen LogP contribution in [-0.4, -0.2) is 13.7 Å². The van der Waals surface area contributed by atoms with Gasteiger partial charge in [0.05, 0.1) is 7.11 Å². The third kappa shape index (κ3) is 1.69. The van der Waals surface area contributed by atoms with E-state index in [2.05, 4.69) is 0 Å². The van der Waals surface area contributed by atoms with Gasteiger partial charge in [-0.15, -0.1) is 0 Å². The first kappa shape index (κ1) is 11.4. The number of benzene rings is 1. The second-order valence-corrected chi connectivity index (χ2v) is 4.52. The first-order valence-electron chi connectivity index (χ1n) is 5.70. The van der Waals surface area contributed by atoms with E-state index in [1.807, 2.05) is 12.1 Å². The molecule has 1 fully saturated rings. The molecule has 0 aromatic heterocycles. The summed E-state index contributed by atoms with van der Waals surface area (Å²) in [5.74, 6) is 0.620. The number of nitrogens with two attached hydrogens (primary N) is 1. The number of hydrogen-bond acceptors (Lipinski definition) is 2. The maximum Gasteiger partial charge on any atom is 0.135 e. The molecule has 88 valence electrons. The minimum atomic E-state index is -1.01. The second kappa shape index (κ2) is 4.42. The van der Waals surface area contributed by atoms with Gasteiger partial charge in [0, 0.05) is 17.5 Å². The van der Waals surface area contributed by atoms with Crippen LogP contribution in [0.1, 0.15) is 31.0 Å². The Hall–Kier alpha value is -1.09. The highest BCUT2D eigenvalue weighted by Crippen LogP contribution is 2.52. The van der Waals surface area contributed by atoms with Crippen molar-refractivity contribution in [3.8, 4) is 5.75 Å². The normalized spacial score (nSPS) is 19.9. The van der Waals surface area contributed by atoms with Gasteiger partial charge in [-0.3, -0.25) is 0 Å². The molecular formula is C13H18FNO. The van der Waals surface area contributed by atoms with Gasteiger partial charge in [-0.1, -0.05) is 24.6 Å². The molecule has 2 N–H and O–H groups in total. The van der Waals surface area contributed by atoms with Crippen LogP contribution in [0.2, 0.25) is 0 Å². The maximum atomic E-state index is 14.5. The number of alkyl halides is 1. The molecule has 0 radical (unpaired) electrons. The molecule has 16 heavy (non-hydrogen) atoms. The highest BCUT2D eigenvalue weighted by atomic mass is 19.1. The zero-order valence-electron chi connectivity index (χ0n) is 9.58. The summed E-state index contributed by atoms with van der Waals surface area (Å²) in [5, 5.41) is 0. The third-order valence-electron chi connectivity index (χ3n) is 3.71. The Bertz CT molecular complexity index is 357. The molecule has 1 atom stereocenters. The van der Waals surface area contributed by atoms with Crippen LogP contribution >= 0.6 is 0 Å². The lowest BCUT2D eigenvalue weighted by Crippen LogP contribution is -2.41. The number of halogens is 1. The van der Waals surface area contributed by atoms with Crippen LogP contribution in [0.3, 0.4) is 0 Å². The van der Waals surface area contributed by atoms with E-state index in [9.17, 15) is 4.39 Å². The van der Waals surface area contributed by atoms with E-state index in [1.165, 1.54) is 0 Å². The minimum Gasteiger partial charge on any atom is -0.496 e. The van der Waals surface area contributed by atoms with E-state index in [4.69, 9.17) is 10.5 Å². The molecule has 1 aromatic rings. The maximum absolute atomic E-state index is 14.5. The fourth-order valence-corrected chi connectivity index (χ4v) is 2.40. The molecule has 0 aliphatic heterocycles. The Labute approximate surface area is 95.6 Å². The van der Waals surface area contributed by atoms with E-state index >= 15 is 0 Å². The van der Waals surface area contributed by atoms with Crippen LogP contribution in [0, 0.1) is 5.41 Å². The predicted molar refractivity (Wildman–Crippen MR) is 62.2 cm³/mol. The Morgan fingerprint density at radius 1 is 1.44 bits per heavy atom. The predicted octanol–water partition coefficient (Wildman–Crippen LogP) is 2.83. The number of rotatable bonds is 4.